The molecule has 1 aliphatic heterocycles. The van der Waals surface area contributed by atoms with E-state index >= 15 is 0 Å². The quantitative estimate of drug-likeness (QED) is 0.623. The monoisotopic (exact) mass is 420 g/mol. The minimum Gasteiger partial charge on any atom is -0.323 e. The van der Waals surface area contributed by atoms with Crippen LogP contribution in [0.15, 0.2) is 48.7 Å². The first kappa shape index (κ1) is 20.9. The molecular formula is C23H25FN6O. The van der Waals surface area contributed by atoms with Crippen LogP contribution in [0.3, 0.4) is 0 Å². The molecule has 1 amide bonds. The zero-order valence-electron chi connectivity index (χ0n) is 17.6. The van der Waals surface area contributed by atoms with Gasteiger partial charge in [0, 0.05) is 11.4 Å². The van der Waals surface area contributed by atoms with Crippen LogP contribution in [0.1, 0.15) is 36.0 Å². The highest BCUT2D eigenvalue weighted by Gasteiger charge is 2.28. The van der Waals surface area contributed by atoms with Crippen molar-refractivity contribution in [3.63, 3.8) is 0 Å². The van der Waals surface area contributed by atoms with Gasteiger partial charge < -0.3 is 10.6 Å². The van der Waals surface area contributed by atoms with Crippen LogP contribution in [0.5, 0.6) is 0 Å². The van der Waals surface area contributed by atoms with Gasteiger partial charge in [-0.3, -0.25) is 14.7 Å². The molecule has 1 atom stereocenters. The van der Waals surface area contributed by atoms with E-state index < -0.39 is 5.82 Å². The van der Waals surface area contributed by atoms with E-state index in [2.05, 4.69) is 30.5 Å². The number of carbonyl (C=O) groups is 1. The number of aromatic nitrogens is 3. The van der Waals surface area contributed by atoms with E-state index in [4.69, 9.17) is 0 Å². The Balaban J connectivity index is 1.40. The van der Waals surface area contributed by atoms with Crippen molar-refractivity contribution in [2.45, 2.75) is 32.7 Å². The lowest BCUT2D eigenvalue weighted by Gasteiger charge is -2.23. The van der Waals surface area contributed by atoms with E-state index in [1.807, 2.05) is 32.0 Å². The molecule has 0 spiro atoms. The highest BCUT2D eigenvalue weighted by atomic mass is 19.1. The van der Waals surface area contributed by atoms with Gasteiger partial charge in [-0.15, -0.1) is 0 Å². The molecule has 8 heteroatoms. The van der Waals surface area contributed by atoms with Crippen LogP contribution in [0.25, 0.3) is 0 Å². The summed E-state index contributed by atoms with van der Waals surface area (Å²) < 4.78 is 13.8. The van der Waals surface area contributed by atoms with Gasteiger partial charge in [0.25, 0.3) is 0 Å². The second-order valence-electron chi connectivity index (χ2n) is 7.73. The third-order valence-corrected chi connectivity index (χ3v) is 5.22. The highest BCUT2D eigenvalue weighted by molar-refractivity contribution is 5.92. The second-order valence-corrected chi connectivity index (χ2v) is 7.73. The molecule has 0 radical (unpaired) electrons. The third kappa shape index (κ3) is 5.21. The summed E-state index contributed by atoms with van der Waals surface area (Å²) in [5, 5.41) is 5.84. The number of hydrogen-bond donors (Lipinski definition) is 2. The zero-order valence-corrected chi connectivity index (χ0v) is 17.6. The van der Waals surface area contributed by atoms with Crippen LogP contribution in [0.4, 0.5) is 21.7 Å². The standard InChI is InChI=1S/C23H25FN6O/c1-15-12-16(2)27-23(26-15)28-17-9-10-20(25-13-17)21-8-5-11-30(21)14-22(31)29-19-7-4-3-6-18(19)24/h3-4,6-7,9-10,12-13,21H,5,8,11,14H2,1-2H3,(H,29,31)(H,26,27,28)/t21-/m0/s1. The first-order valence-electron chi connectivity index (χ1n) is 10.3. The van der Waals surface area contributed by atoms with Crippen molar-refractivity contribution >= 4 is 23.2 Å². The van der Waals surface area contributed by atoms with Gasteiger partial charge in [-0.25, -0.2) is 14.4 Å². The SMILES string of the molecule is Cc1cc(C)nc(Nc2ccc([C@@H]3CCCN3CC(=O)Nc3ccccc3F)nc2)n1. The molecule has 0 saturated carbocycles. The van der Waals surface area contributed by atoms with Crippen LogP contribution >= 0.6 is 0 Å². The minimum absolute atomic E-state index is 0.0536. The Hall–Kier alpha value is -3.39. The molecule has 31 heavy (non-hydrogen) atoms. The normalized spacial score (nSPS) is 16.3. The average molecular weight is 420 g/mol. The van der Waals surface area contributed by atoms with Crippen molar-refractivity contribution in [2.24, 2.45) is 0 Å². The number of nitrogens with one attached hydrogen (secondary N) is 2. The molecule has 2 aromatic heterocycles. The van der Waals surface area contributed by atoms with Gasteiger partial charge in [0.15, 0.2) is 0 Å². The van der Waals surface area contributed by atoms with E-state index in [0.29, 0.717) is 5.95 Å². The molecule has 4 rings (SSSR count). The van der Waals surface area contributed by atoms with Gasteiger partial charge >= 0.3 is 0 Å². The number of amides is 1. The van der Waals surface area contributed by atoms with E-state index in [9.17, 15) is 9.18 Å². The van der Waals surface area contributed by atoms with Crippen molar-refractivity contribution < 1.29 is 9.18 Å². The maximum Gasteiger partial charge on any atom is 0.238 e. The molecule has 1 aliphatic rings. The first-order chi connectivity index (χ1) is 15.0. The second kappa shape index (κ2) is 9.18. The van der Waals surface area contributed by atoms with Crippen molar-refractivity contribution in [1.82, 2.24) is 19.9 Å². The number of nitrogens with zero attached hydrogens (tertiary/aromatic N) is 4. The minimum atomic E-state index is -0.439. The Labute approximate surface area is 180 Å². The number of likely N-dealkylation sites (tertiary alicyclic amines) is 1. The van der Waals surface area contributed by atoms with Gasteiger partial charge in [0.05, 0.1) is 35.9 Å². The zero-order chi connectivity index (χ0) is 21.8. The summed E-state index contributed by atoms with van der Waals surface area (Å²) in [5.74, 6) is -0.132. The van der Waals surface area contributed by atoms with Crippen LogP contribution in [0.2, 0.25) is 0 Å². The van der Waals surface area contributed by atoms with Gasteiger partial charge in [0.2, 0.25) is 11.9 Å². The smallest absolute Gasteiger partial charge is 0.238 e. The molecular weight excluding hydrogens is 395 g/mol. The van der Waals surface area contributed by atoms with Gasteiger partial charge in [0.1, 0.15) is 5.82 Å². The van der Waals surface area contributed by atoms with E-state index in [0.717, 1.165) is 42.2 Å². The number of aryl methyl sites for hydroxylation is 2. The predicted molar refractivity (Wildman–Crippen MR) is 118 cm³/mol. The number of pyridine rings is 1. The Morgan fingerprint density at radius 1 is 1.16 bits per heavy atom. The number of hydrogen-bond acceptors (Lipinski definition) is 6. The fourth-order valence-electron chi connectivity index (χ4n) is 3.87. The Morgan fingerprint density at radius 3 is 2.65 bits per heavy atom. The van der Waals surface area contributed by atoms with E-state index in [1.54, 1.807) is 24.4 Å². The Bertz CT molecular complexity index is 1050. The molecule has 0 unspecified atom stereocenters. The molecule has 0 bridgehead atoms. The molecule has 7 nitrogen and oxygen atoms in total. The van der Waals surface area contributed by atoms with Crippen molar-refractivity contribution in [3.8, 4) is 0 Å². The molecule has 1 saturated heterocycles. The van der Waals surface area contributed by atoms with Crippen molar-refractivity contribution in [2.75, 3.05) is 23.7 Å². The van der Waals surface area contributed by atoms with Gasteiger partial charge in [-0.2, -0.15) is 0 Å². The summed E-state index contributed by atoms with van der Waals surface area (Å²) >= 11 is 0. The van der Waals surface area contributed by atoms with Crippen molar-refractivity contribution in [3.05, 3.63) is 71.6 Å². The first-order valence-corrected chi connectivity index (χ1v) is 10.3. The number of benzene rings is 1. The molecule has 160 valence electrons. The summed E-state index contributed by atoms with van der Waals surface area (Å²) in [5.41, 5.74) is 3.70. The summed E-state index contributed by atoms with van der Waals surface area (Å²) in [7, 11) is 0. The number of para-hydroxylation sites is 1. The number of halogens is 1. The van der Waals surface area contributed by atoms with Crippen LogP contribution in [-0.2, 0) is 4.79 Å². The number of rotatable bonds is 6. The number of carbonyl (C=O) groups excluding carboxylic acids is 1. The fraction of sp³-hybridized carbons (Fsp3) is 0.304. The topological polar surface area (TPSA) is 83.0 Å². The van der Waals surface area contributed by atoms with E-state index in [-0.39, 0.29) is 24.2 Å². The summed E-state index contributed by atoms with van der Waals surface area (Å²) in [4.78, 5) is 27.9. The summed E-state index contributed by atoms with van der Waals surface area (Å²) in [6.45, 7) is 4.85. The Kier molecular flexibility index (Phi) is 6.18. The lowest BCUT2D eigenvalue weighted by molar-refractivity contribution is -0.117. The molecule has 0 aliphatic carbocycles. The lowest BCUT2D eigenvalue weighted by Crippen LogP contribution is -2.33. The van der Waals surface area contributed by atoms with E-state index in [1.165, 1.54) is 6.07 Å². The maximum absolute atomic E-state index is 13.8. The van der Waals surface area contributed by atoms with Crippen LogP contribution in [0, 0.1) is 19.7 Å². The lowest BCUT2D eigenvalue weighted by atomic mass is 10.1. The fourth-order valence-corrected chi connectivity index (χ4v) is 3.87. The number of anilines is 3. The van der Waals surface area contributed by atoms with Crippen LogP contribution < -0.4 is 10.6 Å². The predicted octanol–water partition coefficient (Wildman–Crippen LogP) is 4.15. The summed E-state index contributed by atoms with van der Waals surface area (Å²) in [6, 6.07) is 12.1. The molecule has 3 aromatic rings. The third-order valence-electron chi connectivity index (χ3n) is 5.22. The highest BCUT2D eigenvalue weighted by Crippen LogP contribution is 2.31. The Morgan fingerprint density at radius 2 is 1.94 bits per heavy atom. The maximum atomic E-state index is 13.8. The molecule has 1 aromatic carbocycles. The molecule has 1 fully saturated rings. The summed E-state index contributed by atoms with van der Waals surface area (Å²) in [6.07, 6.45) is 3.66. The van der Waals surface area contributed by atoms with Gasteiger partial charge in [-0.1, -0.05) is 12.1 Å². The molecule has 2 N–H and O–H groups in total. The largest absolute Gasteiger partial charge is 0.323 e. The van der Waals surface area contributed by atoms with Crippen molar-refractivity contribution in [1.29, 1.82) is 0 Å². The van der Waals surface area contributed by atoms with Crippen LogP contribution in [-0.4, -0.2) is 38.8 Å². The molecule has 3 heterocycles. The van der Waals surface area contributed by atoms with Gasteiger partial charge in [-0.05, 0) is 63.6 Å². The average Bonchev–Trinajstić information content (AvgIpc) is 3.17.